The zero-order valence-corrected chi connectivity index (χ0v) is 12.0. The van der Waals surface area contributed by atoms with Gasteiger partial charge in [-0.05, 0) is 41.4 Å². The van der Waals surface area contributed by atoms with Crippen molar-refractivity contribution in [2.75, 3.05) is 13.2 Å². The van der Waals surface area contributed by atoms with Crippen LogP contribution in [0.5, 0.6) is 11.6 Å². The van der Waals surface area contributed by atoms with Crippen LogP contribution in [0.3, 0.4) is 0 Å². The number of nitrogens with zero attached hydrogens (tertiary/aromatic N) is 1. The van der Waals surface area contributed by atoms with Crippen LogP contribution in [-0.4, -0.2) is 34.1 Å². The lowest BCUT2D eigenvalue weighted by Gasteiger charge is -2.22. The summed E-state index contributed by atoms with van der Waals surface area (Å²) in [7, 11) is 0. The Morgan fingerprint density at radius 1 is 1.61 bits per heavy atom. The summed E-state index contributed by atoms with van der Waals surface area (Å²) in [4.78, 5) is 3.88. The Morgan fingerprint density at radius 3 is 3.06 bits per heavy atom. The molecule has 0 aliphatic carbocycles. The van der Waals surface area contributed by atoms with Crippen LogP contribution in [0.4, 0.5) is 0 Å². The maximum absolute atomic E-state index is 10.0. The van der Waals surface area contributed by atoms with E-state index in [9.17, 15) is 10.2 Å². The molecule has 7 heteroatoms. The molecular weight excluding hydrogens is 323 g/mol. The summed E-state index contributed by atoms with van der Waals surface area (Å²) in [5.74, 6) is -0.0262. The fourth-order valence-electron chi connectivity index (χ4n) is 1.88. The lowest BCUT2D eigenvalue weighted by Crippen LogP contribution is -2.40. The fourth-order valence-corrected chi connectivity index (χ4v) is 2.58. The maximum Gasteiger partial charge on any atom is 0.259 e. The number of halogens is 2. The summed E-state index contributed by atoms with van der Waals surface area (Å²) in [5, 5.41) is 23.0. The molecule has 1 atom stereocenters. The SMILES string of the molecule is Oc1c(Br)cc(Cl)nc1OCCC1(O)CCCN1. The average molecular weight is 338 g/mol. The van der Waals surface area contributed by atoms with E-state index in [2.05, 4.69) is 26.2 Å². The van der Waals surface area contributed by atoms with Crippen LogP contribution >= 0.6 is 27.5 Å². The Labute approximate surface area is 118 Å². The molecule has 1 aromatic heterocycles. The first kappa shape index (κ1) is 13.9. The van der Waals surface area contributed by atoms with Crippen LogP contribution < -0.4 is 10.1 Å². The number of ether oxygens (including phenoxy) is 1. The van der Waals surface area contributed by atoms with Gasteiger partial charge >= 0.3 is 0 Å². The molecule has 2 rings (SSSR count). The van der Waals surface area contributed by atoms with Gasteiger partial charge in [0.15, 0.2) is 5.75 Å². The average Bonchev–Trinajstić information content (AvgIpc) is 2.72. The standard InChI is InChI=1S/C11H14BrClN2O3/c12-7-6-8(13)15-10(9(7)16)18-5-3-11(17)2-1-4-14-11/h6,14,16-17H,1-5H2. The molecule has 1 fully saturated rings. The van der Waals surface area contributed by atoms with Crippen LogP contribution in [0.15, 0.2) is 10.5 Å². The largest absolute Gasteiger partial charge is 0.502 e. The minimum atomic E-state index is -0.870. The molecule has 0 radical (unpaired) electrons. The van der Waals surface area contributed by atoms with Crippen LogP contribution in [0, 0.1) is 0 Å². The number of aliphatic hydroxyl groups is 1. The molecule has 1 saturated heterocycles. The fraction of sp³-hybridized carbons (Fsp3) is 0.545. The number of rotatable bonds is 4. The van der Waals surface area contributed by atoms with Gasteiger partial charge in [0.25, 0.3) is 5.88 Å². The lowest BCUT2D eigenvalue weighted by atomic mass is 10.1. The van der Waals surface area contributed by atoms with Crippen molar-refractivity contribution in [2.24, 2.45) is 0 Å². The molecule has 18 heavy (non-hydrogen) atoms. The summed E-state index contributed by atoms with van der Waals surface area (Å²) in [6.45, 7) is 1.06. The van der Waals surface area contributed by atoms with E-state index < -0.39 is 5.72 Å². The number of nitrogens with one attached hydrogen (secondary N) is 1. The van der Waals surface area contributed by atoms with E-state index in [0.29, 0.717) is 17.3 Å². The second-order valence-electron chi connectivity index (χ2n) is 4.24. The van der Waals surface area contributed by atoms with Crippen LogP contribution in [0.1, 0.15) is 19.3 Å². The molecule has 1 aliphatic rings. The second-order valence-corrected chi connectivity index (χ2v) is 5.48. The van der Waals surface area contributed by atoms with Crippen molar-refractivity contribution in [1.82, 2.24) is 10.3 Å². The highest BCUT2D eigenvalue weighted by molar-refractivity contribution is 9.10. The number of aromatic hydroxyl groups is 1. The van der Waals surface area contributed by atoms with Crippen LogP contribution in [0.2, 0.25) is 5.15 Å². The van der Waals surface area contributed by atoms with Gasteiger partial charge in [-0.2, -0.15) is 4.98 Å². The molecule has 0 saturated carbocycles. The van der Waals surface area contributed by atoms with Crippen molar-refractivity contribution < 1.29 is 14.9 Å². The molecular formula is C11H14BrClN2O3. The number of aromatic nitrogens is 1. The van der Waals surface area contributed by atoms with Gasteiger partial charge in [-0.25, -0.2) is 0 Å². The summed E-state index contributed by atoms with van der Waals surface area (Å²) < 4.78 is 5.78. The second kappa shape index (κ2) is 5.61. The first-order valence-corrected chi connectivity index (χ1v) is 6.82. The van der Waals surface area contributed by atoms with Gasteiger partial charge in [-0.1, -0.05) is 11.6 Å². The molecule has 2 heterocycles. The highest BCUT2D eigenvalue weighted by atomic mass is 79.9. The zero-order valence-electron chi connectivity index (χ0n) is 9.62. The van der Waals surface area contributed by atoms with E-state index in [1.165, 1.54) is 6.07 Å². The first-order valence-electron chi connectivity index (χ1n) is 5.65. The molecule has 1 aromatic rings. The summed E-state index contributed by atoms with van der Waals surface area (Å²) in [6, 6.07) is 1.48. The third kappa shape index (κ3) is 3.26. The Kier molecular flexibility index (Phi) is 4.32. The molecule has 1 unspecified atom stereocenters. The smallest absolute Gasteiger partial charge is 0.259 e. The minimum absolute atomic E-state index is 0.0657. The lowest BCUT2D eigenvalue weighted by molar-refractivity contribution is 0.00409. The molecule has 100 valence electrons. The Balaban J connectivity index is 1.94. The highest BCUT2D eigenvalue weighted by Gasteiger charge is 2.30. The van der Waals surface area contributed by atoms with E-state index in [4.69, 9.17) is 16.3 Å². The van der Waals surface area contributed by atoms with E-state index in [0.717, 1.165) is 13.0 Å². The van der Waals surface area contributed by atoms with E-state index in [-0.39, 0.29) is 23.4 Å². The van der Waals surface area contributed by atoms with Gasteiger partial charge in [0.05, 0.1) is 11.1 Å². The van der Waals surface area contributed by atoms with Crippen molar-refractivity contribution in [3.63, 3.8) is 0 Å². The van der Waals surface area contributed by atoms with E-state index in [1.807, 2.05) is 0 Å². The molecule has 5 nitrogen and oxygen atoms in total. The van der Waals surface area contributed by atoms with Gasteiger partial charge in [0.2, 0.25) is 0 Å². The Morgan fingerprint density at radius 2 is 2.39 bits per heavy atom. The predicted molar refractivity (Wildman–Crippen MR) is 70.9 cm³/mol. The summed E-state index contributed by atoms with van der Waals surface area (Å²) in [5.41, 5.74) is -0.870. The predicted octanol–water partition coefficient (Wildman–Crippen LogP) is 2.04. The molecule has 0 spiro atoms. The van der Waals surface area contributed by atoms with Crippen molar-refractivity contribution in [1.29, 1.82) is 0 Å². The monoisotopic (exact) mass is 336 g/mol. The van der Waals surface area contributed by atoms with Crippen LogP contribution in [0.25, 0.3) is 0 Å². The Hall–Kier alpha value is -0.560. The number of pyridine rings is 1. The van der Waals surface area contributed by atoms with Gasteiger partial charge in [0.1, 0.15) is 10.9 Å². The van der Waals surface area contributed by atoms with Crippen molar-refractivity contribution in [3.8, 4) is 11.6 Å². The van der Waals surface area contributed by atoms with Crippen molar-refractivity contribution >= 4 is 27.5 Å². The molecule has 0 amide bonds. The molecule has 1 aliphatic heterocycles. The maximum atomic E-state index is 10.0. The van der Waals surface area contributed by atoms with Gasteiger partial charge in [-0.15, -0.1) is 0 Å². The zero-order chi connectivity index (χ0) is 13.2. The molecule has 0 aromatic carbocycles. The first-order chi connectivity index (χ1) is 8.50. The number of hydrogen-bond donors (Lipinski definition) is 3. The van der Waals surface area contributed by atoms with Gasteiger partial charge < -0.3 is 14.9 Å². The third-order valence-corrected chi connectivity index (χ3v) is 3.66. The normalized spacial score (nSPS) is 23.3. The van der Waals surface area contributed by atoms with Crippen LogP contribution in [-0.2, 0) is 0 Å². The van der Waals surface area contributed by atoms with E-state index >= 15 is 0 Å². The highest BCUT2D eigenvalue weighted by Crippen LogP contribution is 2.34. The van der Waals surface area contributed by atoms with Crippen molar-refractivity contribution in [3.05, 3.63) is 15.7 Å². The summed E-state index contributed by atoms with van der Waals surface area (Å²) >= 11 is 8.91. The topological polar surface area (TPSA) is 74.6 Å². The van der Waals surface area contributed by atoms with Crippen molar-refractivity contribution in [2.45, 2.75) is 25.0 Å². The van der Waals surface area contributed by atoms with Gasteiger partial charge in [0, 0.05) is 6.42 Å². The van der Waals surface area contributed by atoms with Gasteiger partial charge in [-0.3, -0.25) is 5.32 Å². The molecule has 0 bridgehead atoms. The number of hydrogen-bond acceptors (Lipinski definition) is 5. The van der Waals surface area contributed by atoms with E-state index in [1.54, 1.807) is 0 Å². The summed E-state index contributed by atoms with van der Waals surface area (Å²) in [6.07, 6.45) is 2.08. The minimum Gasteiger partial charge on any atom is -0.502 e. The third-order valence-electron chi connectivity index (χ3n) is 2.86. The Bertz CT molecular complexity index is 439. The molecule has 3 N–H and O–H groups in total. The quantitative estimate of drug-likeness (QED) is 0.733.